The number of hydrogen-bond donors (Lipinski definition) is 2. The maximum atomic E-state index is 12.7. The van der Waals surface area contributed by atoms with Crippen LogP contribution in [0.15, 0.2) is 23.1 Å². The molecule has 0 aromatic heterocycles. The number of carboxylic acids is 1. The lowest BCUT2D eigenvalue weighted by atomic mass is 10.1. The Kier molecular flexibility index (Phi) is 4.70. The van der Waals surface area contributed by atoms with Crippen molar-refractivity contribution >= 4 is 24.5 Å². The zero-order chi connectivity index (χ0) is 14.7. The van der Waals surface area contributed by atoms with E-state index in [1.54, 1.807) is 12.1 Å². The fraction of sp³-hybridized carbons (Fsp3) is 0.467. The van der Waals surface area contributed by atoms with Gasteiger partial charge in [-0.3, -0.25) is 9.59 Å². The lowest BCUT2D eigenvalue weighted by molar-refractivity contribution is -0.138. The van der Waals surface area contributed by atoms with Gasteiger partial charge in [0, 0.05) is 10.9 Å². The summed E-state index contributed by atoms with van der Waals surface area (Å²) >= 11 is 4.38. The average Bonchev–Trinajstić information content (AvgIpc) is 2.92. The summed E-state index contributed by atoms with van der Waals surface area (Å²) in [5, 5.41) is 9.05. The number of nitrogens with zero attached hydrogens (tertiary/aromatic N) is 1. The molecule has 1 N–H and O–H groups in total. The van der Waals surface area contributed by atoms with E-state index >= 15 is 0 Å². The van der Waals surface area contributed by atoms with Crippen molar-refractivity contribution in [2.75, 3.05) is 6.54 Å². The number of hydrogen-bond acceptors (Lipinski definition) is 3. The molecule has 1 aliphatic carbocycles. The van der Waals surface area contributed by atoms with Crippen LogP contribution in [0.5, 0.6) is 0 Å². The SMILES string of the molecule is Cc1cccc(C(=O)N(CC(=O)O)C2CCCC2)c1S. The van der Waals surface area contributed by atoms with E-state index in [4.69, 9.17) is 5.11 Å². The van der Waals surface area contributed by atoms with Crippen LogP contribution in [0.1, 0.15) is 41.6 Å². The van der Waals surface area contributed by atoms with Gasteiger partial charge in [0.05, 0.1) is 5.56 Å². The molecule has 0 atom stereocenters. The quantitative estimate of drug-likeness (QED) is 0.839. The number of carbonyl (C=O) groups is 2. The molecule has 0 spiro atoms. The summed E-state index contributed by atoms with van der Waals surface area (Å²) in [4.78, 5) is 25.8. The van der Waals surface area contributed by atoms with Crippen LogP contribution in [0.4, 0.5) is 0 Å². The monoisotopic (exact) mass is 293 g/mol. The molecular weight excluding hydrogens is 274 g/mol. The van der Waals surface area contributed by atoms with Crippen molar-refractivity contribution < 1.29 is 14.7 Å². The molecule has 1 aliphatic rings. The molecule has 1 aromatic rings. The van der Waals surface area contributed by atoms with Crippen molar-refractivity contribution in [2.24, 2.45) is 0 Å². The van der Waals surface area contributed by atoms with Gasteiger partial charge in [-0.05, 0) is 31.4 Å². The predicted octanol–water partition coefficient (Wildman–Crippen LogP) is 2.75. The molecule has 4 nitrogen and oxygen atoms in total. The fourth-order valence-corrected chi connectivity index (χ4v) is 2.96. The van der Waals surface area contributed by atoms with Crippen molar-refractivity contribution in [2.45, 2.75) is 43.5 Å². The fourth-order valence-electron chi connectivity index (χ4n) is 2.71. The molecule has 0 aliphatic heterocycles. The Hall–Kier alpha value is -1.49. The third-order valence-electron chi connectivity index (χ3n) is 3.80. The number of rotatable bonds is 4. The molecule has 0 saturated heterocycles. The van der Waals surface area contributed by atoms with E-state index in [0.717, 1.165) is 31.2 Å². The van der Waals surface area contributed by atoms with Crippen LogP contribution in [-0.4, -0.2) is 34.5 Å². The lowest BCUT2D eigenvalue weighted by Crippen LogP contribution is -2.42. The van der Waals surface area contributed by atoms with Gasteiger partial charge in [0.15, 0.2) is 0 Å². The number of amides is 1. The molecule has 1 saturated carbocycles. The molecule has 1 fully saturated rings. The van der Waals surface area contributed by atoms with Gasteiger partial charge >= 0.3 is 5.97 Å². The van der Waals surface area contributed by atoms with Gasteiger partial charge < -0.3 is 10.0 Å². The number of carbonyl (C=O) groups excluding carboxylic acids is 1. The molecule has 108 valence electrons. The number of thiol groups is 1. The van der Waals surface area contributed by atoms with Crippen LogP contribution >= 0.6 is 12.6 Å². The summed E-state index contributed by atoms with van der Waals surface area (Å²) in [6, 6.07) is 5.43. The highest BCUT2D eigenvalue weighted by Crippen LogP contribution is 2.27. The van der Waals surface area contributed by atoms with E-state index < -0.39 is 5.97 Å². The van der Waals surface area contributed by atoms with Gasteiger partial charge in [0.1, 0.15) is 6.54 Å². The summed E-state index contributed by atoms with van der Waals surface area (Å²) in [6.07, 6.45) is 3.87. The van der Waals surface area contributed by atoms with E-state index in [-0.39, 0.29) is 18.5 Å². The first-order valence-electron chi connectivity index (χ1n) is 6.82. The van der Waals surface area contributed by atoms with Crippen molar-refractivity contribution in [1.82, 2.24) is 4.90 Å². The van der Waals surface area contributed by atoms with E-state index in [1.165, 1.54) is 4.90 Å². The Morgan fingerprint density at radius 3 is 2.60 bits per heavy atom. The minimum atomic E-state index is -0.974. The van der Waals surface area contributed by atoms with Gasteiger partial charge in [-0.2, -0.15) is 0 Å². The Balaban J connectivity index is 2.29. The first-order chi connectivity index (χ1) is 9.50. The van der Waals surface area contributed by atoms with E-state index in [2.05, 4.69) is 12.6 Å². The first kappa shape index (κ1) is 14.9. The number of aryl methyl sites for hydroxylation is 1. The van der Waals surface area contributed by atoms with Gasteiger partial charge in [0.2, 0.25) is 0 Å². The Morgan fingerprint density at radius 2 is 2.00 bits per heavy atom. The molecule has 0 bridgehead atoms. The van der Waals surface area contributed by atoms with E-state index in [9.17, 15) is 9.59 Å². The topological polar surface area (TPSA) is 57.6 Å². The molecule has 1 amide bonds. The summed E-state index contributed by atoms with van der Waals surface area (Å²) in [6.45, 7) is 1.64. The van der Waals surface area contributed by atoms with Gasteiger partial charge in [0.25, 0.3) is 5.91 Å². The molecule has 0 radical (unpaired) electrons. The van der Waals surface area contributed by atoms with Crippen molar-refractivity contribution in [3.63, 3.8) is 0 Å². The maximum absolute atomic E-state index is 12.7. The second kappa shape index (κ2) is 6.31. The standard InChI is InChI=1S/C15H19NO3S/c1-10-5-4-8-12(14(10)20)15(19)16(9-13(17)18)11-6-2-3-7-11/h4-5,8,11,20H,2-3,6-7,9H2,1H3,(H,17,18). The summed E-state index contributed by atoms with van der Waals surface area (Å²) < 4.78 is 0. The molecule has 5 heteroatoms. The predicted molar refractivity (Wildman–Crippen MR) is 79.4 cm³/mol. The van der Waals surface area contributed by atoms with Crippen LogP contribution in [0.25, 0.3) is 0 Å². The normalized spacial score (nSPS) is 15.3. The highest BCUT2D eigenvalue weighted by atomic mass is 32.1. The third kappa shape index (κ3) is 3.15. The second-order valence-corrected chi connectivity index (χ2v) is 5.68. The molecular formula is C15H19NO3S. The Morgan fingerprint density at radius 1 is 1.35 bits per heavy atom. The highest BCUT2D eigenvalue weighted by Gasteiger charge is 2.29. The number of carboxylic acid groups (broad SMARTS) is 1. The molecule has 0 heterocycles. The minimum absolute atomic E-state index is 0.0341. The number of benzene rings is 1. The molecule has 2 rings (SSSR count). The van der Waals surface area contributed by atoms with Crippen molar-refractivity contribution in [1.29, 1.82) is 0 Å². The number of aliphatic carboxylic acids is 1. The average molecular weight is 293 g/mol. The smallest absolute Gasteiger partial charge is 0.323 e. The zero-order valence-electron chi connectivity index (χ0n) is 11.5. The Labute approximate surface area is 124 Å². The van der Waals surface area contributed by atoms with Crippen LogP contribution in [0, 0.1) is 6.92 Å². The molecule has 20 heavy (non-hydrogen) atoms. The lowest BCUT2D eigenvalue weighted by Gasteiger charge is -2.28. The van der Waals surface area contributed by atoms with Crippen LogP contribution in [0.3, 0.4) is 0 Å². The zero-order valence-corrected chi connectivity index (χ0v) is 12.4. The summed E-state index contributed by atoms with van der Waals surface area (Å²) in [5.74, 6) is -1.20. The summed E-state index contributed by atoms with van der Waals surface area (Å²) in [7, 11) is 0. The van der Waals surface area contributed by atoms with Crippen molar-refractivity contribution in [3.8, 4) is 0 Å². The van der Waals surface area contributed by atoms with Crippen LogP contribution in [-0.2, 0) is 4.79 Å². The van der Waals surface area contributed by atoms with Gasteiger partial charge in [-0.1, -0.05) is 25.0 Å². The second-order valence-electron chi connectivity index (χ2n) is 5.24. The molecule has 0 unspecified atom stereocenters. The largest absolute Gasteiger partial charge is 0.480 e. The van der Waals surface area contributed by atoms with E-state index in [1.807, 2.05) is 13.0 Å². The van der Waals surface area contributed by atoms with Crippen LogP contribution in [0.2, 0.25) is 0 Å². The Bertz CT molecular complexity index is 524. The van der Waals surface area contributed by atoms with Gasteiger partial charge in [-0.25, -0.2) is 0 Å². The van der Waals surface area contributed by atoms with E-state index in [0.29, 0.717) is 10.5 Å². The van der Waals surface area contributed by atoms with Crippen LogP contribution < -0.4 is 0 Å². The van der Waals surface area contributed by atoms with Crippen molar-refractivity contribution in [3.05, 3.63) is 29.3 Å². The minimum Gasteiger partial charge on any atom is -0.480 e. The summed E-state index contributed by atoms with van der Waals surface area (Å²) in [5.41, 5.74) is 1.40. The highest BCUT2D eigenvalue weighted by molar-refractivity contribution is 7.80. The third-order valence-corrected chi connectivity index (χ3v) is 4.39. The molecule has 1 aromatic carbocycles. The maximum Gasteiger partial charge on any atom is 0.323 e. The van der Waals surface area contributed by atoms with Gasteiger partial charge in [-0.15, -0.1) is 12.6 Å². The first-order valence-corrected chi connectivity index (χ1v) is 7.26.